The van der Waals surface area contributed by atoms with Gasteiger partial charge in [-0.05, 0) is 38.5 Å². The van der Waals surface area contributed by atoms with Crippen molar-refractivity contribution >= 4 is 0 Å². The van der Waals surface area contributed by atoms with Gasteiger partial charge in [0, 0.05) is 12.1 Å². The molecule has 3 nitrogen and oxygen atoms in total. The number of rotatable bonds is 5. The van der Waals surface area contributed by atoms with Crippen molar-refractivity contribution < 1.29 is 9.47 Å². The Morgan fingerprint density at radius 1 is 1.06 bits per heavy atom. The van der Waals surface area contributed by atoms with E-state index >= 15 is 0 Å². The van der Waals surface area contributed by atoms with Crippen LogP contribution in [-0.4, -0.2) is 31.6 Å². The maximum atomic E-state index is 5.58. The highest BCUT2D eigenvalue weighted by Crippen LogP contribution is 2.20. The summed E-state index contributed by atoms with van der Waals surface area (Å²) < 4.78 is 11.2. The molecule has 0 amide bonds. The molecule has 2 aliphatic rings. The van der Waals surface area contributed by atoms with E-state index in [1.807, 2.05) is 6.08 Å². The number of hydrogen-bond acceptors (Lipinski definition) is 3. The van der Waals surface area contributed by atoms with Crippen LogP contribution in [0.2, 0.25) is 0 Å². The molecule has 2 unspecified atom stereocenters. The van der Waals surface area contributed by atoms with Gasteiger partial charge in [0.25, 0.3) is 0 Å². The largest absolute Gasteiger partial charge is 0.353 e. The van der Waals surface area contributed by atoms with Gasteiger partial charge in [0.15, 0.2) is 6.29 Å². The lowest BCUT2D eigenvalue weighted by Crippen LogP contribution is -2.42. The smallest absolute Gasteiger partial charge is 0.157 e. The van der Waals surface area contributed by atoms with E-state index in [0.29, 0.717) is 12.1 Å². The molecular weight excluding hydrogens is 214 g/mol. The maximum absolute atomic E-state index is 5.58. The van der Waals surface area contributed by atoms with Crippen LogP contribution >= 0.6 is 0 Å². The molecule has 0 saturated carbocycles. The first kappa shape index (κ1) is 13.1. The molecule has 98 valence electrons. The van der Waals surface area contributed by atoms with E-state index in [-0.39, 0.29) is 6.29 Å². The Morgan fingerprint density at radius 2 is 1.82 bits per heavy atom. The Hall–Kier alpha value is -0.380. The van der Waals surface area contributed by atoms with Gasteiger partial charge < -0.3 is 14.8 Å². The van der Waals surface area contributed by atoms with Gasteiger partial charge in [-0.15, -0.1) is 6.58 Å². The van der Waals surface area contributed by atoms with Gasteiger partial charge in [-0.2, -0.15) is 0 Å². The van der Waals surface area contributed by atoms with Crippen LogP contribution in [0.5, 0.6) is 0 Å². The standard InChI is InChI=1S/C14H25NO2/c1-2-5-12-6-3-7-13(15-12)8-9-14-16-10-4-11-17-14/h2,12-15H,1,3-11H2. The summed E-state index contributed by atoms with van der Waals surface area (Å²) in [6.07, 6.45) is 10.3. The third-order valence-corrected chi connectivity index (χ3v) is 3.67. The lowest BCUT2D eigenvalue weighted by molar-refractivity contribution is -0.182. The molecule has 3 heteroatoms. The molecule has 2 aliphatic heterocycles. The first-order valence-corrected chi connectivity index (χ1v) is 6.98. The lowest BCUT2D eigenvalue weighted by atomic mass is 9.94. The summed E-state index contributed by atoms with van der Waals surface area (Å²) >= 11 is 0. The second-order valence-corrected chi connectivity index (χ2v) is 5.12. The third kappa shape index (κ3) is 4.41. The normalized spacial score (nSPS) is 31.3. The van der Waals surface area contributed by atoms with E-state index < -0.39 is 0 Å². The van der Waals surface area contributed by atoms with Crippen molar-refractivity contribution in [3.8, 4) is 0 Å². The molecule has 0 spiro atoms. The van der Waals surface area contributed by atoms with Crippen LogP contribution in [0.1, 0.15) is 44.9 Å². The van der Waals surface area contributed by atoms with Crippen LogP contribution in [0.25, 0.3) is 0 Å². The van der Waals surface area contributed by atoms with E-state index in [1.165, 1.54) is 19.3 Å². The topological polar surface area (TPSA) is 30.5 Å². The van der Waals surface area contributed by atoms with Crippen molar-refractivity contribution in [2.24, 2.45) is 0 Å². The number of nitrogens with one attached hydrogen (secondary N) is 1. The molecule has 17 heavy (non-hydrogen) atoms. The monoisotopic (exact) mass is 239 g/mol. The van der Waals surface area contributed by atoms with Gasteiger partial charge in [0.05, 0.1) is 13.2 Å². The van der Waals surface area contributed by atoms with E-state index in [0.717, 1.165) is 38.9 Å². The van der Waals surface area contributed by atoms with Crippen LogP contribution in [-0.2, 0) is 9.47 Å². The molecule has 1 N–H and O–H groups in total. The Balaban J connectivity index is 1.65. The van der Waals surface area contributed by atoms with Crippen LogP contribution < -0.4 is 5.32 Å². The van der Waals surface area contributed by atoms with E-state index in [2.05, 4.69) is 11.9 Å². The molecule has 2 rings (SSSR count). The molecule has 2 atom stereocenters. The first-order valence-electron chi connectivity index (χ1n) is 6.98. The highest BCUT2D eigenvalue weighted by Gasteiger charge is 2.22. The van der Waals surface area contributed by atoms with Gasteiger partial charge in [0.1, 0.15) is 0 Å². The highest BCUT2D eigenvalue weighted by atomic mass is 16.7. The Kier molecular flexibility index (Phi) is 5.49. The van der Waals surface area contributed by atoms with Crippen molar-refractivity contribution in [2.75, 3.05) is 13.2 Å². The summed E-state index contributed by atoms with van der Waals surface area (Å²) in [5, 5.41) is 3.71. The van der Waals surface area contributed by atoms with Gasteiger partial charge in [0.2, 0.25) is 0 Å². The summed E-state index contributed by atoms with van der Waals surface area (Å²) in [6, 6.07) is 1.28. The number of piperidine rings is 1. The molecule has 2 saturated heterocycles. The Labute approximate surface area is 105 Å². The molecule has 0 aromatic carbocycles. The maximum Gasteiger partial charge on any atom is 0.157 e. The zero-order chi connectivity index (χ0) is 11.9. The third-order valence-electron chi connectivity index (χ3n) is 3.67. The van der Waals surface area contributed by atoms with Crippen LogP contribution in [0.3, 0.4) is 0 Å². The van der Waals surface area contributed by atoms with Crippen molar-refractivity contribution in [3.05, 3.63) is 12.7 Å². The van der Waals surface area contributed by atoms with Gasteiger partial charge in [-0.3, -0.25) is 0 Å². The molecule has 0 bridgehead atoms. The van der Waals surface area contributed by atoms with Gasteiger partial charge in [-0.1, -0.05) is 12.5 Å². The fourth-order valence-electron chi connectivity index (χ4n) is 2.77. The second kappa shape index (κ2) is 7.14. The average Bonchev–Trinajstić information content (AvgIpc) is 2.39. The summed E-state index contributed by atoms with van der Waals surface area (Å²) in [5.74, 6) is 0. The first-order chi connectivity index (χ1) is 8.38. The van der Waals surface area contributed by atoms with E-state index in [9.17, 15) is 0 Å². The minimum atomic E-state index is 0.0466. The second-order valence-electron chi connectivity index (χ2n) is 5.12. The minimum Gasteiger partial charge on any atom is -0.353 e. The molecule has 0 aromatic heterocycles. The molecule has 2 fully saturated rings. The Morgan fingerprint density at radius 3 is 2.59 bits per heavy atom. The fourth-order valence-corrected chi connectivity index (χ4v) is 2.77. The SMILES string of the molecule is C=CCC1CCCC(CCC2OCCCO2)N1. The molecule has 2 heterocycles. The molecule has 0 radical (unpaired) electrons. The lowest BCUT2D eigenvalue weighted by Gasteiger charge is -2.32. The van der Waals surface area contributed by atoms with Gasteiger partial charge in [-0.25, -0.2) is 0 Å². The van der Waals surface area contributed by atoms with Crippen molar-refractivity contribution in [1.29, 1.82) is 0 Å². The minimum absolute atomic E-state index is 0.0466. The highest BCUT2D eigenvalue weighted by molar-refractivity contribution is 4.85. The molecular formula is C14H25NO2. The molecule has 0 aliphatic carbocycles. The summed E-state index contributed by atoms with van der Waals surface area (Å²) in [6.45, 7) is 5.55. The van der Waals surface area contributed by atoms with Crippen LogP contribution in [0.4, 0.5) is 0 Å². The predicted molar refractivity (Wildman–Crippen MR) is 68.9 cm³/mol. The quantitative estimate of drug-likeness (QED) is 0.748. The molecule has 0 aromatic rings. The van der Waals surface area contributed by atoms with Gasteiger partial charge >= 0.3 is 0 Å². The average molecular weight is 239 g/mol. The fraction of sp³-hybridized carbons (Fsp3) is 0.857. The number of ether oxygens (including phenoxy) is 2. The summed E-state index contributed by atoms with van der Waals surface area (Å²) in [7, 11) is 0. The van der Waals surface area contributed by atoms with Crippen LogP contribution in [0.15, 0.2) is 12.7 Å². The predicted octanol–water partition coefficient (Wildman–Crippen LogP) is 2.62. The summed E-state index contributed by atoms with van der Waals surface area (Å²) in [5.41, 5.74) is 0. The van der Waals surface area contributed by atoms with E-state index in [1.54, 1.807) is 0 Å². The van der Waals surface area contributed by atoms with Crippen molar-refractivity contribution in [3.63, 3.8) is 0 Å². The zero-order valence-electron chi connectivity index (χ0n) is 10.7. The van der Waals surface area contributed by atoms with Crippen molar-refractivity contribution in [2.45, 2.75) is 63.3 Å². The van der Waals surface area contributed by atoms with Crippen LogP contribution in [0, 0.1) is 0 Å². The van der Waals surface area contributed by atoms with Crippen molar-refractivity contribution in [1.82, 2.24) is 5.32 Å². The zero-order valence-corrected chi connectivity index (χ0v) is 10.7. The Bertz CT molecular complexity index is 226. The number of hydrogen-bond donors (Lipinski definition) is 1. The summed E-state index contributed by atoms with van der Waals surface area (Å²) in [4.78, 5) is 0. The van der Waals surface area contributed by atoms with E-state index in [4.69, 9.17) is 9.47 Å².